The van der Waals surface area contributed by atoms with Gasteiger partial charge in [-0.3, -0.25) is 9.69 Å². The summed E-state index contributed by atoms with van der Waals surface area (Å²) in [5, 5.41) is 3.53. The highest BCUT2D eigenvalue weighted by Crippen LogP contribution is 2.26. The summed E-state index contributed by atoms with van der Waals surface area (Å²) in [4.78, 5) is 16.2. The number of nitrogens with one attached hydrogen (secondary N) is 1. The van der Waals surface area contributed by atoms with Gasteiger partial charge in [0.15, 0.2) is 0 Å². The highest BCUT2D eigenvalue weighted by Gasteiger charge is 2.13. The van der Waals surface area contributed by atoms with Crippen molar-refractivity contribution in [3.8, 4) is 0 Å². The Hall–Kier alpha value is -1.78. The third-order valence-corrected chi connectivity index (χ3v) is 5.63. The third kappa shape index (κ3) is 5.36. The SMILES string of the molecule is CC(C)Sc1ccccc1C(=O)NCc1cccc(CN2CCCC2)c1. The van der Waals surface area contributed by atoms with Crippen LogP contribution in [0.5, 0.6) is 0 Å². The highest BCUT2D eigenvalue weighted by atomic mass is 32.2. The van der Waals surface area contributed by atoms with E-state index in [1.807, 2.05) is 24.3 Å². The van der Waals surface area contributed by atoms with Crippen LogP contribution in [0.3, 0.4) is 0 Å². The zero-order valence-electron chi connectivity index (χ0n) is 15.7. The van der Waals surface area contributed by atoms with Gasteiger partial charge in [0.05, 0.1) is 5.56 Å². The second-order valence-corrected chi connectivity index (χ2v) is 8.77. The molecule has 1 heterocycles. The fourth-order valence-corrected chi connectivity index (χ4v) is 4.28. The number of hydrogen-bond donors (Lipinski definition) is 1. The number of benzene rings is 2. The number of thioether (sulfide) groups is 1. The molecule has 0 radical (unpaired) electrons. The van der Waals surface area contributed by atoms with Gasteiger partial charge in [-0.1, -0.05) is 50.2 Å². The first-order valence-electron chi connectivity index (χ1n) is 9.46. The van der Waals surface area contributed by atoms with Crippen molar-refractivity contribution < 1.29 is 4.79 Å². The molecule has 1 aliphatic rings. The molecular weight excluding hydrogens is 340 g/mol. The summed E-state index contributed by atoms with van der Waals surface area (Å²) in [6.07, 6.45) is 2.62. The van der Waals surface area contributed by atoms with Gasteiger partial charge in [-0.25, -0.2) is 0 Å². The van der Waals surface area contributed by atoms with E-state index in [-0.39, 0.29) is 5.91 Å². The van der Waals surface area contributed by atoms with Crippen LogP contribution in [-0.2, 0) is 13.1 Å². The lowest BCUT2D eigenvalue weighted by Gasteiger charge is -2.15. The fourth-order valence-electron chi connectivity index (χ4n) is 3.33. The maximum Gasteiger partial charge on any atom is 0.252 e. The van der Waals surface area contributed by atoms with E-state index >= 15 is 0 Å². The molecule has 1 aliphatic heterocycles. The summed E-state index contributed by atoms with van der Waals surface area (Å²) >= 11 is 1.73. The lowest BCUT2D eigenvalue weighted by Crippen LogP contribution is -2.23. The van der Waals surface area contributed by atoms with E-state index in [2.05, 4.69) is 48.3 Å². The molecule has 0 saturated carbocycles. The zero-order chi connectivity index (χ0) is 18.4. The summed E-state index contributed by atoms with van der Waals surface area (Å²) in [5.74, 6) is -0.00121. The van der Waals surface area contributed by atoms with Crippen molar-refractivity contribution in [3.63, 3.8) is 0 Å². The second-order valence-electron chi connectivity index (χ2n) is 7.15. The van der Waals surface area contributed by atoms with Crippen LogP contribution in [-0.4, -0.2) is 29.1 Å². The largest absolute Gasteiger partial charge is 0.348 e. The standard InChI is InChI=1S/C22H28N2OS/c1-17(2)26-21-11-4-3-10-20(21)22(25)23-15-18-8-7-9-19(14-18)16-24-12-5-6-13-24/h3-4,7-11,14,17H,5-6,12-13,15-16H2,1-2H3,(H,23,25). The Morgan fingerprint density at radius 2 is 1.81 bits per heavy atom. The topological polar surface area (TPSA) is 32.3 Å². The number of carbonyl (C=O) groups is 1. The van der Waals surface area contributed by atoms with Crippen LogP contribution in [0, 0.1) is 0 Å². The molecule has 0 aliphatic carbocycles. The van der Waals surface area contributed by atoms with E-state index in [1.165, 1.54) is 31.5 Å². The smallest absolute Gasteiger partial charge is 0.252 e. The molecule has 0 aromatic heterocycles. The number of likely N-dealkylation sites (tertiary alicyclic amines) is 1. The van der Waals surface area contributed by atoms with E-state index in [9.17, 15) is 4.79 Å². The van der Waals surface area contributed by atoms with Crippen LogP contribution >= 0.6 is 11.8 Å². The van der Waals surface area contributed by atoms with Gasteiger partial charge < -0.3 is 5.32 Å². The molecule has 0 unspecified atom stereocenters. The Labute approximate surface area is 161 Å². The molecule has 3 nitrogen and oxygen atoms in total. The third-order valence-electron chi connectivity index (χ3n) is 4.54. The van der Waals surface area contributed by atoms with Crippen molar-refractivity contribution in [3.05, 3.63) is 65.2 Å². The maximum atomic E-state index is 12.7. The first-order chi connectivity index (χ1) is 12.6. The fraction of sp³-hybridized carbons (Fsp3) is 0.409. The Morgan fingerprint density at radius 1 is 1.08 bits per heavy atom. The lowest BCUT2D eigenvalue weighted by atomic mass is 10.1. The molecule has 3 rings (SSSR count). The summed E-state index contributed by atoms with van der Waals surface area (Å²) in [7, 11) is 0. The molecule has 2 aromatic carbocycles. The molecule has 0 atom stereocenters. The number of nitrogens with zero attached hydrogens (tertiary/aromatic N) is 1. The second kappa shape index (κ2) is 9.24. The van der Waals surface area contributed by atoms with Crippen LogP contribution in [0.1, 0.15) is 48.2 Å². The average Bonchev–Trinajstić information content (AvgIpc) is 3.13. The van der Waals surface area contributed by atoms with E-state index < -0.39 is 0 Å². The average molecular weight is 369 g/mol. The van der Waals surface area contributed by atoms with Gasteiger partial charge in [-0.05, 0) is 49.2 Å². The Bertz CT molecular complexity index is 738. The molecule has 1 fully saturated rings. The maximum absolute atomic E-state index is 12.7. The summed E-state index contributed by atoms with van der Waals surface area (Å²) < 4.78 is 0. The van der Waals surface area contributed by atoms with Crippen molar-refractivity contribution in [2.24, 2.45) is 0 Å². The number of amides is 1. The number of rotatable bonds is 7. The minimum absolute atomic E-state index is 0.00121. The molecular formula is C22H28N2OS. The lowest BCUT2D eigenvalue weighted by molar-refractivity contribution is 0.0948. The van der Waals surface area contributed by atoms with Crippen molar-refractivity contribution >= 4 is 17.7 Å². The summed E-state index contributed by atoms with van der Waals surface area (Å²) in [5.41, 5.74) is 3.25. The molecule has 1 saturated heterocycles. The van der Waals surface area contributed by atoms with Crippen LogP contribution < -0.4 is 5.32 Å². The van der Waals surface area contributed by atoms with E-state index in [1.54, 1.807) is 11.8 Å². The Kier molecular flexibility index (Phi) is 6.75. The first kappa shape index (κ1) is 19.0. The molecule has 2 aromatic rings. The van der Waals surface area contributed by atoms with Crippen molar-refractivity contribution in [2.75, 3.05) is 13.1 Å². The molecule has 26 heavy (non-hydrogen) atoms. The number of hydrogen-bond acceptors (Lipinski definition) is 3. The Balaban J connectivity index is 1.61. The summed E-state index contributed by atoms with van der Waals surface area (Å²) in [6, 6.07) is 16.4. The van der Waals surface area contributed by atoms with Crippen LogP contribution in [0.2, 0.25) is 0 Å². The van der Waals surface area contributed by atoms with Crippen LogP contribution in [0.25, 0.3) is 0 Å². The van der Waals surface area contributed by atoms with Gasteiger partial charge in [0, 0.05) is 23.2 Å². The zero-order valence-corrected chi connectivity index (χ0v) is 16.5. The number of carbonyl (C=O) groups excluding carboxylic acids is 1. The molecule has 1 N–H and O–H groups in total. The van der Waals surface area contributed by atoms with Crippen molar-refractivity contribution in [1.29, 1.82) is 0 Å². The molecule has 0 spiro atoms. The molecule has 138 valence electrons. The molecule has 1 amide bonds. The molecule has 0 bridgehead atoms. The quantitative estimate of drug-likeness (QED) is 0.718. The van der Waals surface area contributed by atoms with Gasteiger partial charge in [0.1, 0.15) is 0 Å². The van der Waals surface area contributed by atoms with Crippen LogP contribution in [0.15, 0.2) is 53.4 Å². The predicted octanol–water partition coefficient (Wildman–Crippen LogP) is 4.71. The predicted molar refractivity (Wildman–Crippen MR) is 110 cm³/mol. The Morgan fingerprint density at radius 3 is 2.58 bits per heavy atom. The van der Waals surface area contributed by atoms with Crippen LogP contribution in [0.4, 0.5) is 0 Å². The van der Waals surface area contributed by atoms with E-state index in [0.29, 0.717) is 11.8 Å². The molecule has 4 heteroatoms. The highest BCUT2D eigenvalue weighted by molar-refractivity contribution is 8.00. The van der Waals surface area contributed by atoms with Gasteiger partial charge >= 0.3 is 0 Å². The van der Waals surface area contributed by atoms with E-state index in [0.717, 1.165) is 22.6 Å². The minimum Gasteiger partial charge on any atom is -0.348 e. The normalized spacial score (nSPS) is 14.7. The monoisotopic (exact) mass is 368 g/mol. The van der Waals surface area contributed by atoms with Crippen molar-refractivity contribution in [2.45, 2.75) is 49.9 Å². The van der Waals surface area contributed by atoms with Gasteiger partial charge in [0.25, 0.3) is 5.91 Å². The summed E-state index contributed by atoms with van der Waals surface area (Å²) in [6.45, 7) is 8.26. The van der Waals surface area contributed by atoms with E-state index in [4.69, 9.17) is 0 Å². The van der Waals surface area contributed by atoms with Gasteiger partial charge in [-0.2, -0.15) is 0 Å². The first-order valence-corrected chi connectivity index (χ1v) is 10.3. The van der Waals surface area contributed by atoms with Gasteiger partial charge in [-0.15, -0.1) is 11.8 Å². The van der Waals surface area contributed by atoms with Gasteiger partial charge in [0.2, 0.25) is 0 Å². The minimum atomic E-state index is -0.00121. The van der Waals surface area contributed by atoms with Crippen molar-refractivity contribution in [1.82, 2.24) is 10.2 Å².